The Balaban J connectivity index is 2.28. The largest absolute Gasteiger partial charge is 0.491 e. The first-order valence-corrected chi connectivity index (χ1v) is 11.3. The zero-order chi connectivity index (χ0) is 22.3. The summed E-state index contributed by atoms with van der Waals surface area (Å²) in [6, 6.07) is 14.4. The van der Waals surface area contributed by atoms with Crippen LogP contribution in [0.15, 0.2) is 42.5 Å². The molecule has 30 heavy (non-hydrogen) atoms. The van der Waals surface area contributed by atoms with Gasteiger partial charge in [-0.15, -0.1) is 0 Å². The lowest BCUT2D eigenvalue weighted by Gasteiger charge is -2.31. The number of hydrogen-bond acceptors (Lipinski definition) is 3. The Kier molecular flexibility index (Phi) is 8.93. The van der Waals surface area contributed by atoms with Crippen LogP contribution in [0.2, 0.25) is 0 Å². The molecule has 1 unspecified atom stereocenters. The second kappa shape index (κ2) is 11.0. The summed E-state index contributed by atoms with van der Waals surface area (Å²) in [7, 11) is 0. The topological polar surface area (TPSA) is 44.5 Å². The first kappa shape index (κ1) is 24.4. The van der Waals surface area contributed by atoms with Crippen molar-refractivity contribution in [2.24, 2.45) is 17.6 Å². The van der Waals surface area contributed by atoms with E-state index in [1.165, 1.54) is 22.3 Å². The minimum absolute atomic E-state index is 0.0388. The van der Waals surface area contributed by atoms with E-state index in [0.717, 1.165) is 18.6 Å². The van der Waals surface area contributed by atoms with Crippen molar-refractivity contribution in [2.45, 2.75) is 73.0 Å². The molecule has 3 nitrogen and oxygen atoms in total. The number of benzene rings is 2. The van der Waals surface area contributed by atoms with Crippen molar-refractivity contribution in [1.82, 2.24) is 0 Å². The van der Waals surface area contributed by atoms with Gasteiger partial charge in [0.05, 0.1) is 12.7 Å². The van der Waals surface area contributed by atoms with Crippen LogP contribution in [0.25, 0.3) is 0 Å². The normalized spacial score (nSPS) is 13.1. The average molecular weight is 412 g/mol. The molecule has 0 fully saturated rings. The highest BCUT2D eigenvalue weighted by Gasteiger charge is 2.26. The van der Waals surface area contributed by atoms with Crippen LogP contribution >= 0.6 is 0 Å². The maximum atomic E-state index is 6.60. The average Bonchev–Trinajstić information content (AvgIpc) is 2.65. The van der Waals surface area contributed by atoms with Crippen molar-refractivity contribution < 1.29 is 9.47 Å². The molecule has 0 aliphatic carbocycles. The monoisotopic (exact) mass is 411 g/mol. The number of rotatable bonds is 11. The van der Waals surface area contributed by atoms with E-state index in [0.29, 0.717) is 25.0 Å². The Morgan fingerprint density at radius 1 is 0.833 bits per heavy atom. The summed E-state index contributed by atoms with van der Waals surface area (Å²) in [6.45, 7) is 16.5. The van der Waals surface area contributed by atoms with Gasteiger partial charge in [-0.1, -0.05) is 58.0 Å². The van der Waals surface area contributed by atoms with Crippen LogP contribution < -0.4 is 10.5 Å². The van der Waals surface area contributed by atoms with Crippen LogP contribution in [0.3, 0.4) is 0 Å². The molecule has 1 atom stereocenters. The maximum absolute atomic E-state index is 6.60. The lowest BCUT2D eigenvalue weighted by atomic mass is 9.80. The van der Waals surface area contributed by atoms with Gasteiger partial charge >= 0.3 is 0 Å². The van der Waals surface area contributed by atoms with E-state index in [1.807, 2.05) is 30.3 Å². The Bertz CT molecular complexity index is 775. The predicted octanol–water partition coefficient (Wildman–Crippen LogP) is 6.43. The second-order valence-corrected chi connectivity index (χ2v) is 9.76. The molecule has 3 heteroatoms. The van der Waals surface area contributed by atoms with Crippen LogP contribution in [0, 0.1) is 11.8 Å². The summed E-state index contributed by atoms with van der Waals surface area (Å²) in [5.41, 5.74) is 11.5. The summed E-state index contributed by atoms with van der Waals surface area (Å²) in [5.74, 6) is 2.05. The number of nitrogens with two attached hydrogens (primary N) is 1. The van der Waals surface area contributed by atoms with Gasteiger partial charge in [0.25, 0.3) is 0 Å². The molecule has 0 amide bonds. The SMILES string of the molecule is CC(C)Cc1ccc(C(C)(C)N)c(C(C)OCCOc2ccccc2)c1CC(C)C. The maximum Gasteiger partial charge on any atom is 0.119 e. The molecule has 2 N–H and O–H groups in total. The van der Waals surface area contributed by atoms with Gasteiger partial charge in [0.15, 0.2) is 0 Å². The molecule has 0 spiro atoms. The van der Waals surface area contributed by atoms with Gasteiger partial charge in [0.1, 0.15) is 12.4 Å². The molecule has 2 aromatic carbocycles. The lowest BCUT2D eigenvalue weighted by molar-refractivity contribution is 0.0423. The van der Waals surface area contributed by atoms with Crippen molar-refractivity contribution in [2.75, 3.05) is 13.2 Å². The van der Waals surface area contributed by atoms with Crippen LogP contribution in [0.1, 0.15) is 76.8 Å². The molecule has 166 valence electrons. The minimum Gasteiger partial charge on any atom is -0.491 e. The molecule has 0 aromatic heterocycles. The third kappa shape index (κ3) is 7.14. The molecule has 0 bridgehead atoms. The molecule has 0 radical (unpaired) electrons. The van der Waals surface area contributed by atoms with Gasteiger partial charge in [-0.05, 0) is 79.8 Å². The van der Waals surface area contributed by atoms with E-state index in [9.17, 15) is 0 Å². The predicted molar refractivity (Wildman–Crippen MR) is 127 cm³/mol. The van der Waals surface area contributed by atoms with E-state index in [4.69, 9.17) is 15.2 Å². The van der Waals surface area contributed by atoms with E-state index < -0.39 is 5.54 Å². The summed E-state index contributed by atoms with van der Waals surface area (Å²) in [5, 5.41) is 0. The van der Waals surface area contributed by atoms with E-state index in [-0.39, 0.29) is 6.10 Å². The van der Waals surface area contributed by atoms with E-state index in [2.05, 4.69) is 60.6 Å². The third-order valence-electron chi connectivity index (χ3n) is 5.26. The highest BCUT2D eigenvalue weighted by molar-refractivity contribution is 5.46. The smallest absolute Gasteiger partial charge is 0.119 e. The fraction of sp³-hybridized carbons (Fsp3) is 0.556. The van der Waals surface area contributed by atoms with Crippen molar-refractivity contribution >= 4 is 0 Å². The highest BCUT2D eigenvalue weighted by atomic mass is 16.5. The highest BCUT2D eigenvalue weighted by Crippen LogP contribution is 2.35. The second-order valence-electron chi connectivity index (χ2n) is 9.76. The molecule has 0 aliphatic rings. The fourth-order valence-corrected chi connectivity index (χ4v) is 4.00. The summed E-state index contributed by atoms with van der Waals surface area (Å²) < 4.78 is 12.1. The van der Waals surface area contributed by atoms with E-state index >= 15 is 0 Å². The van der Waals surface area contributed by atoms with Gasteiger partial charge in [0, 0.05) is 5.54 Å². The van der Waals surface area contributed by atoms with Gasteiger partial charge in [-0.2, -0.15) is 0 Å². The van der Waals surface area contributed by atoms with Crippen molar-refractivity contribution in [3.8, 4) is 5.75 Å². The van der Waals surface area contributed by atoms with Crippen molar-refractivity contribution in [3.05, 3.63) is 64.7 Å². The lowest BCUT2D eigenvalue weighted by Crippen LogP contribution is -2.32. The summed E-state index contributed by atoms with van der Waals surface area (Å²) >= 11 is 0. The summed E-state index contributed by atoms with van der Waals surface area (Å²) in [6.07, 6.45) is 2.07. The molecular weight excluding hydrogens is 370 g/mol. The molecule has 2 rings (SSSR count). The molecule has 2 aromatic rings. The van der Waals surface area contributed by atoms with Crippen LogP contribution in [-0.4, -0.2) is 13.2 Å². The van der Waals surface area contributed by atoms with Gasteiger partial charge in [-0.25, -0.2) is 0 Å². The van der Waals surface area contributed by atoms with Crippen LogP contribution in [-0.2, 0) is 23.1 Å². The fourth-order valence-electron chi connectivity index (χ4n) is 4.00. The van der Waals surface area contributed by atoms with Gasteiger partial charge < -0.3 is 15.2 Å². The Morgan fingerprint density at radius 2 is 1.47 bits per heavy atom. The van der Waals surface area contributed by atoms with Crippen molar-refractivity contribution in [1.29, 1.82) is 0 Å². The standard InChI is InChI=1S/C27H41NO2/c1-19(2)17-22-13-14-25(27(6,7)28)26(24(22)18-20(3)4)21(5)29-15-16-30-23-11-9-8-10-12-23/h8-14,19-21H,15-18,28H2,1-7H3. The Morgan fingerprint density at radius 3 is 2.03 bits per heavy atom. The van der Waals surface area contributed by atoms with Gasteiger partial charge in [-0.3, -0.25) is 0 Å². The first-order chi connectivity index (χ1) is 14.1. The van der Waals surface area contributed by atoms with Gasteiger partial charge in [0.2, 0.25) is 0 Å². The van der Waals surface area contributed by atoms with Crippen LogP contribution in [0.5, 0.6) is 5.75 Å². The number of para-hydroxylation sites is 1. The van der Waals surface area contributed by atoms with E-state index in [1.54, 1.807) is 0 Å². The minimum atomic E-state index is -0.421. The molecule has 0 aliphatic heterocycles. The zero-order valence-electron chi connectivity index (χ0n) is 20.0. The quantitative estimate of drug-likeness (QED) is 0.433. The van der Waals surface area contributed by atoms with Crippen LogP contribution in [0.4, 0.5) is 0 Å². The number of hydrogen-bond donors (Lipinski definition) is 1. The molecule has 0 heterocycles. The molecule has 0 saturated heterocycles. The third-order valence-corrected chi connectivity index (χ3v) is 5.26. The summed E-state index contributed by atoms with van der Waals surface area (Å²) in [4.78, 5) is 0. The zero-order valence-corrected chi connectivity index (χ0v) is 20.0. The number of ether oxygens (including phenoxy) is 2. The first-order valence-electron chi connectivity index (χ1n) is 11.3. The van der Waals surface area contributed by atoms with Crippen molar-refractivity contribution in [3.63, 3.8) is 0 Å². The Hall–Kier alpha value is -1.84. The molecule has 0 saturated carbocycles. The Labute approximate surface area is 184 Å². The molecular formula is C27H41NO2.